The third-order valence-electron chi connectivity index (χ3n) is 7.35. The monoisotopic (exact) mass is 526 g/mol. The number of carbonyl (C=O) groups is 1. The van der Waals surface area contributed by atoms with Crippen LogP contribution < -0.4 is 0 Å². The molecule has 36 heavy (non-hydrogen) atoms. The number of thioether (sulfide) groups is 1. The van der Waals surface area contributed by atoms with Crippen molar-refractivity contribution in [1.29, 1.82) is 0 Å². The quantitative estimate of drug-likeness (QED) is 0.0663. The van der Waals surface area contributed by atoms with Crippen molar-refractivity contribution >= 4 is 17.7 Å². The van der Waals surface area contributed by atoms with E-state index >= 15 is 0 Å². The van der Waals surface area contributed by atoms with Crippen molar-refractivity contribution in [3.8, 4) is 0 Å². The first-order valence-corrected chi connectivity index (χ1v) is 17.7. The Morgan fingerprint density at radius 1 is 0.444 bits per heavy atom. The Balaban J connectivity index is 3.13. The molecule has 0 saturated heterocycles. The van der Waals surface area contributed by atoms with Gasteiger partial charge in [-0.3, -0.25) is 4.79 Å². The zero-order chi connectivity index (χ0) is 26.2. The van der Waals surface area contributed by atoms with E-state index in [1.54, 1.807) is 0 Å². The van der Waals surface area contributed by atoms with Gasteiger partial charge >= 0.3 is 5.97 Å². The average Bonchev–Trinajstić information content (AvgIpc) is 2.88. The number of unbranched alkanes of at least 4 members (excludes halogenated alkanes) is 24. The first-order chi connectivity index (χ1) is 17.8. The summed E-state index contributed by atoms with van der Waals surface area (Å²) in [6.07, 6.45) is 36.5. The van der Waals surface area contributed by atoms with Gasteiger partial charge in [-0.2, -0.15) is 11.8 Å². The van der Waals surface area contributed by atoms with Crippen LogP contribution in [0.25, 0.3) is 0 Å². The molecule has 0 rings (SSSR count). The molecule has 0 N–H and O–H groups in total. The van der Waals surface area contributed by atoms with E-state index < -0.39 is 0 Å². The fourth-order valence-corrected chi connectivity index (χ4v) is 5.78. The van der Waals surface area contributed by atoms with Gasteiger partial charge in [-0.25, -0.2) is 0 Å². The Hall–Kier alpha value is -0.180. The lowest BCUT2D eigenvalue weighted by atomic mass is 10.0. The Labute approximate surface area is 232 Å². The van der Waals surface area contributed by atoms with E-state index in [2.05, 4.69) is 13.8 Å². The van der Waals surface area contributed by atoms with Crippen LogP contribution in [0.1, 0.15) is 187 Å². The van der Waals surface area contributed by atoms with Crippen molar-refractivity contribution in [2.24, 2.45) is 0 Å². The number of hydrogen-bond acceptors (Lipinski definition) is 3. The molecule has 0 spiro atoms. The SMILES string of the molecule is CCCCCCCCCCCCCCCCCCOC(=O)CCSCCCCCCCCCCCC. The second-order valence-electron chi connectivity index (χ2n) is 11.1. The molecule has 216 valence electrons. The molecule has 0 atom stereocenters. The first-order valence-electron chi connectivity index (χ1n) is 16.5. The molecule has 0 bridgehead atoms. The number of carbonyl (C=O) groups excluding carboxylic acids is 1. The van der Waals surface area contributed by atoms with Crippen LogP contribution in [0.2, 0.25) is 0 Å². The predicted octanol–water partition coefficient (Wildman–Crippen LogP) is 11.8. The topological polar surface area (TPSA) is 26.3 Å². The maximum atomic E-state index is 11.9. The van der Waals surface area contributed by atoms with Gasteiger partial charge in [0.25, 0.3) is 0 Å². The molecule has 0 saturated carbocycles. The van der Waals surface area contributed by atoms with Crippen LogP contribution >= 0.6 is 11.8 Å². The van der Waals surface area contributed by atoms with E-state index in [9.17, 15) is 4.79 Å². The summed E-state index contributed by atoms with van der Waals surface area (Å²) >= 11 is 1.92. The number of ether oxygens (including phenoxy) is 1. The highest BCUT2D eigenvalue weighted by molar-refractivity contribution is 7.99. The average molecular weight is 527 g/mol. The van der Waals surface area contributed by atoms with E-state index in [-0.39, 0.29) is 5.97 Å². The van der Waals surface area contributed by atoms with Gasteiger partial charge in [0.05, 0.1) is 13.0 Å². The molecule has 0 unspecified atom stereocenters. The molecule has 0 aromatic carbocycles. The Morgan fingerprint density at radius 3 is 1.17 bits per heavy atom. The van der Waals surface area contributed by atoms with Crippen LogP contribution in [0.5, 0.6) is 0 Å². The van der Waals surface area contributed by atoms with Crippen molar-refractivity contribution in [3.05, 3.63) is 0 Å². The maximum Gasteiger partial charge on any atom is 0.306 e. The fraction of sp³-hybridized carbons (Fsp3) is 0.970. The normalized spacial score (nSPS) is 11.3. The Bertz CT molecular complexity index is 412. The second-order valence-corrected chi connectivity index (χ2v) is 12.3. The van der Waals surface area contributed by atoms with Crippen LogP contribution in [0.3, 0.4) is 0 Å². The van der Waals surface area contributed by atoms with E-state index in [0.29, 0.717) is 13.0 Å². The van der Waals surface area contributed by atoms with Gasteiger partial charge in [0, 0.05) is 5.75 Å². The van der Waals surface area contributed by atoms with Gasteiger partial charge < -0.3 is 4.74 Å². The van der Waals surface area contributed by atoms with Gasteiger partial charge in [0.1, 0.15) is 0 Å². The molecule has 0 aromatic heterocycles. The van der Waals surface area contributed by atoms with E-state index in [1.165, 1.54) is 166 Å². The molecule has 0 fully saturated rings. The number of hydrogen-bond donors (Lipinski definition) is 0. The van der Waals surface area contributed by atoms with Crippen LogP contribution in [-0.4, -0.2) is 24.1 Å². The minimum Gasteiger partial charge on any atom is -0.466 e. The summed E-state index contributed by atoms with van der Waals surface area (Å²) in [5.74, 6) is 2.13. The van der Waals surface area contributed by atoms with Crippen molar-refractivity contribution in [3.63, 3.8) is 0 Å². The minimum atomic E-state index is 0.00605. The Morgan fingerprint density at radius 2 is 0.778 bits per heavy atom. The van der Waals surface area contributed by atoms with Crippen molar-refractivity contribution in [2.75, 3.05) is 18.1 Å². The highest BCUT2D eigenvalue weighted by atomic mass is 32.2. The van der Waals surface area contributed by atoms with Crippen LogP contribution in [0, 0.1) is 0 Å². The molecule has 3 heteroatoms. The number of esters is 1. The van der Waals surface area contributed by atoms with Crippen molar-refractivity contribution in [1.82, 2.24) is 0 Å². The van der Waals surface area contributed by atoms with Crippen LogP contribution in [0.15, 0.2) is 0 Å². The van der Waals surface area contributed by atoms with Gasteiger partial charge in [0.15, 0.2) is 0 Å². The van der Waals surface area contributed by atoms with Crippen LogP contribution in [0.4, 0.5) is 0 Å². The third kappa shape index (κ3) is 31.8. The lowest BCUT2D eigenvalue weighted by molar-refractivity contribution is -0.143. The molecule has 0 aromatic rings. The molecule has 2 nitrogen and oxygen atoms in total. The van der Waals surface area contributed by atoms with E-state index in [0.717, 1.165) is 12.2 Å². The molecule has 0 aliphatic carbocycles. The van der Waals surface area contributed by atoms with Crippen molar-refractivity contribution in [2.45, 2.75) is 187 Å². The van der Waals surface area contributed by atoms with E-state index in [1.807, 2.05) is 11.8 Å². The zero-order valence-corrected chi connectivity index (χ0v) is 25.8. The maximum absolute atomic E-state index is 11.9. The minimum absolute atomic E-state index is 0.00605. The summed E-state index contributed by atoms with van der Waals surface area (Å²) in [6.45, 7) is 5.20. The fourth-order valence-electron chi connectivity index (χ4n) is 4.86. The van der Waals surface area contributed by atoms with Gasteiger partial charge in [-0.1, -0.05) is 168 Å². The van der Waals surface area contributed by atoms with Crippen molar-refractivity contribution < 1.29 is 9.53 Å². The number of rotatable bonds is 31. The summed E-state index contributed by atoms with van der Waals surface area (Å²) in [5.41, 5.74) is 0. The molecular formula is C33H66O2S. The molecular weight excluding hydrogens is 460 g/mol. The predicted molar refractivity (Wildman–Crippen MR) is 164 cm³/mol. The smallest absolute Gasteiger partial charge is 0.306 e. The third-order valence-corrected chi connectivity index (χ3v) is 8.42. The highest BCUT2D eigenvalue weighted by Crippen LogP contribution is 2.15. The molecule has 0 radical (unpaired) electrons. The molecule has 0 aliphatic rings. The van der Waals surface area contributed by atoms with Gasteiger partial charge in [-0.15, -0.1) is 0 Å². The second kappa shape index (κ2) is 32.8. The molecule has 0 amide bonds. The van der Waals surface area contributed by atoms with Gasteiger partial charge in [-0.05, 0) is 18.6 Å². The highest BCUT2D eigenvalue weighted by Gasteiger charge is 2.03. The standard InChI is InChI=1S/C33H66O2S/c1-3-5-7-9-11-13-15-16-17-18-19-20-21-23-25-27-30-35-33(34)29-32-36-31-28-26-24-22-14-12-10-8-6-4-2/h3-32H2,1-2H3. The first kappa shape index (κ1) is 35.8. The van der Waals surface area contributed by atoms with Gasteiger partial charge in [0.2, 0.25) is 0 Å². The summed E-state index contributed by atoms with van der Waals surface area (Å²) < 4.78 is 5.42. The summed E-state index contributed by atoms with van der Waals surface area (Å²) in [7, 11) is 0. The van der Waals surface area contributed by atoms with E-state index in [4.69, 9.17) is 4.74 Å². The lowest BCUT2D eigenvalue weighted by Crippen LogP contribution is -2.07. The van der Waals surface area contributed by atoms with Crippen LogP contribution in [-0.2, 0) is 9.53 Å². The summed E-state index contributed by atoms with van der Waals surface area (Å²) in [4.78, 5) is 11.9. The lowest BCUT2D eigenvalue weighted by Gasteiger charge is -2.06. The largest absolute Gasteiger partial charge is 0.466 e. The Kier molecular flexibility index (Phi) is 32.7. The summed E-state index contributed by atoms with van der Waals surface area (Å²) in [6, 6.07) is 0. The zero-order valence-electron chi connectivity index (χ0n) is 24.9. The molecule has 0 aliphatic heterocycles. The summed E-state index contributed by atoms with van der Waals surface area (Å²) in [5, 5.41) is 0. The molecule has 0 heterocycles.